The number of rotatable bonds is 15. The Kier molecular flexibility index (Phi) is 10.8. The zero-order chi connectivity index (χ0) is 25.0. The van der Waals surface area contributed by atoms with Crippen LogP contribution in [0.3, 0.4) is 0 Å². The summed E-state index contributed by atoms with van der Waals surface area (Å²) >= 11 is 0. The van der Waals surface area contributed by atoms with E-state index in [0.717, 1.165) is 56.9 Å². The Morgan fingerprint density at radius 2 is 1.71 bits per heavy atom. The van der Waals surface area contributed by atoms with Gasteiger partial charge in [0.15, 0.2) is 0 Å². The van der Waals surface area contributed by atoms with Crippen molar-refractivity contribution in [2.75, 3.05) is 6.54 Å². The van der Waals surface area contributed by atoms with E-state index in [9.17, 15) is 14.7 Å². The molecule has 0 unspecified atom stereocenters. The quantitative estimate of drug-likeness (QED) is 0.312. The SMILES string of the molecule is C[C@@H](CCCCCc1ccccc1)[C@H](O)CC[C@H]1CCC(=O)N1CCCc1cccc(C(=O)O)c1. The Morgan fingerprint density at radius 3 is 2.49 bits per heavy atom. The lowest BCUT2D eigenvalue weighted by Gasteiger charge is -2.27. The molecular weight excluding hydrogens is 438 g/mol. The maximum Gasteiger partial charge on any atom is 0.335 e. The van der Waals surface area contributed by atoms with Crippen molar-refractivity contribution in [2.24, 2.45) is 5.92 Å². The Balaban J connectivity index is 1.34. The van der Waals surface area contributed by atoms with Gasteiger partial charge in [-0.15, -0.1) is 0 Å². The van der Waals surface area contributed by atoms with Gasteiger partial charge >= 0.3 is 5.97 Å². The van der Waals surface area contributed by atoms with Crippen LogP contribution in [0.15, 0.2) is 54.6 Å². The van der Waals surface area contributed by atoms with Gasteiger partial charge in [-0.25, -0.2) is 4.79 Å². The van der Waals surface area contributed by atoms with Crippen LogP contribution in [0, 0.1) is 5.92 Å². The zero-order valence-electron chi connectivity index (χ0n) is 21.1. The van der Waals surface area contributed by atoms with E-state index in [2.05, 4.69) is 37.3 Å². The van der Waals surface area contributed by atoms with Crippen LogP contribution in [0.25, 0.3) is 0 Å². The van der Waals surface area contributed by atoms with Crippen LogP contribution in [-0.4, -0.2) is 45.7 Å². The van der Waals surface area contributed by atoms with Crippen LogP contribution in [-0.2, 0) is 17.6 Å². The Morgan fingerprint density at radius 1 is 0.971 bits per heavy atom. The van der Waals surface area contributed by atoms with E-state index < -0.39 is 5.97 Å². The first kappa shape index (κ1) is 26.9. The Labute approximate surface area is 210 Å². The molecule has 0 aromatic heterocycles. The lowest BCUT2D eigenvalue weighted by atomic mass is 9.92. The van der Waals surface area contributed by atoms with Crippen LogP contribution < -0.4 is 0 Å². The zero-order valence-corrected chi connectivity index (χ0v) is 21.1. The minimum atomic E-state index is -0.915. The molecule has 3 rings (SSSR count). The number of amides is 1. The number of aryl methyl sites for hydroxylation is 2. The summed E-state index contributed by atoms with van der Waals surface area (Å²) in [6.45, 7) is 2.83. The van der Waals surface area contributed by atoms with Crippen molar-refractivity contribution in [3.05, 3.63) is 71.3 Å². The molecule has 1 aliphatic rings. The molecule has 0 bridgehead atoms. The number of benzene rings is 2. The molecule has 1 amide bonds. The molecular formula is C30H41NO4. The highest BCUT2D eigenvalue weighted by Gasteiger charge is 2.31. The molecule has 35 heavy (non-hydrogen) atoms. The van der Waals surface area contributed by atoms with Gasteiger partial charge < -0.3 is 15.1 Å². The smallest absolute Gasteiger partial charge is 0.335 e. The van der Waals surface area contributed by atoms with Gasteiger partial charge in [-0.2, -0.15) is 0 Å². The second-order valence-corrected chi connectivity index (χ2v) is 10.1. The van der Waals surface area contributed by atoms with Crippen LogP contribution in [0.2, 0.25) is 0 Å². The van der Waals surface area contributed by atoms with E-state index in [1.165, 1.54) is 18.4 Å². The van der Waals surface area contributed by atoms with E-state index in [0.29, 0.717) is 18.5 Å². The predicted octanol–water partition coefficient (Wildman–Crippen LogP) is 5.89. The molecule has 1 heterocycles. The van der Waals surface area contributed by atoms with Gasteiger partial charge in [-0.3, -0.25) is 4.79 Å². The molecule has 0 spiro atoms. The third-order valence-corrected chi connectivity index (χ3v) is 7.41. The molecule has 3 atom stereocenters. The molecule has 190 valence electrons. The highest BCUT2D eigenvalue weighted by molar-refractivity contribution is 5.87. The largest absolute Gasteiger partial charge is 0.478 e. The summed E-state index contributed by atoms with van der Waals surface area (Å²) < 4.78 is 0. The Bertz CT molecular complexity index is 929. The summed E-state index contributed by atoms with van der Waals surface area (Å²) in [6.07, 6.45) is 9.96. The monoisotopic (exact) mass is 479 g/mol. The van der Waals surface area contributed by atoms with Crippen LogP contribution in [0.4, 0.5) is 0 Å². The fraction of sp³-hybridized carbons (Fsp3) is 0.533. The van der Waals surface area contributed by atoms with Crippen molar-refractivity contribution in [3.63, 3.8) is 0 Å². The van der Waals surface area contributed by atoms with E-state index in [-0.39, 0.29) is 24.0 Å². The van der Waals surface area contributed by atoms with Crippen LogP contribution in [0.5, 0.6) is 0 Å². The van der Waals surface area contributed by atoms with E-state index in [4.69, 9.17) is 5.11 Å². The molecule has 2 N–H and O–H groups in total. The number of aromatic carboxylic acids is 1. The number of aliphatic hydroxyl groups excluding tert-OH is 1. The minimum Gasteiger partial charge on any atom is -0.478 e. The topological polar surface area (TPSA) is 77.8 Å². The van der Waals surface area contributed by atoms with Gasteiger partial charge in [0.25, 0.3) is 0 Å². The number of aliphatic hydroxyl groups is 1. The first-order valence-corrected chi connectivity index (χ1v) is 13.3. The standard InChI is InChI=1S/C30H41NO4/c1-23(10-4-2-5-11-24-12-6-3-7-13-24)28(32)19-17-27-18-20-29(33)31(27)21-9-15-25-14-8-16-26(22-25)30(34)35/h3,6-8,12-14,16,22-23,27-28,32H,2,4-5,9-11,15,17-21H2,1H3,(H,34,35)/t23-,27-,28+/m0/s1. The van der Waals surface area contributed by atoms with Gasteiger partial charge in [-0.1, -0.05) is 62.2 Å². The Hall–Kier alpha value is -2.66. The summed E-state index contributed by atoms with van der Waals surface area (Å²) in [6, 6.07) is 17.8. The molecule has 0 radical (unpaired) electrons. The summed E-state index contributed by atoms with van der Waals surface area (Å²) in [5.74, 6) is -0.435. The number of carboxylic acids is 1. The van der Waals surface area contributed by atoms with Crippen LogP contribution >= 0.6 is 0 Å². The highest BCUT2D eigenvalue weighted by Crippen LogP contribution is 2.26. The maximum atomic E-state index is 12.4. The molecule has 2 aromatic carbocycles. The first-order chi connectivity index (χ1) is 16.9. The van der Waals surface area contributed by atoms with Crippen LogP contribution in [0.1, 0.15) is 86.2 Å². The molecule has 5 nitrogen and oxygen atoms in total. The minimum absolute atomic E-state index is 0.204. The number of hydrogen-bond acceptors (Lipinski definition) is 3. The summed E-state index contributed by atoms with van der Waals surface area (Å²) in [4.78, 5) is 25.6. The fourth-order valence-corrected chi connectivity index (χ4v) is 5.17. The third-order valence-electron chi connectivity index (χ3n) is 7.41. The first-order valence-electron chi connectivity index (χ1n) is 13.3. The summed E-state index contributed by atoms with van der Waals surface area (Å²) in [7, 11) is 0. The van der Waals surface area contributed by atoms with Gasteiger partial charge in [-0.05, 0) is 80.5 Å². The molecule has 1 saturated heterocycles. The van der Waals surface area contributed by atoms with Crippen molar-refractivity contribution in [3.8, 4) is 0 Å². The number of carbonyl (C=O) groups is 2. The van der Waals surface area contributed by atoms with Crippen molar-refractivity contribution in [1.82, 2.24) is 4.90 Å². The normalized spacial score (nSPS) is 17.5. The number of unbranched alkanes of at least 4 members (excludes halogenated alkanes) is 2. The second-order valence-electron chi connectivity index (χ2n) is 10.1. The van der Waals surface area contributed by atoms with Crippen molar-refractivity contribution < 1.29 is 19.8 Å². The molecule has 0 saturated carbocycles. The number of carbonyl (C=O) groups excluding carboxylic acids is 1. The van der Waals surface area contributed by atoms with Crippen molar-refractivity contribution in [1.29, 1.82) is 0 Å². The molecule has 1 aliphatic heterocycles. The second kappa shape index (κ2) is 14.0. The third kappa shape index (κ3) is 8.81. The van der Waals surface area contributed by atoms with Gasteiger partial charge in [0.1, 0.15) is 0 Å². The molecule has 1 fully saturated rings. The van der Waals surface area contributed by atoms with E-state index in [1.54, 1.807) is 18.2 Å². The number of likely N-dealkylation sites (tertiary alicyclic amines) is 1. The lowest BCUT2D eigenvalue weighted by Crippen LogP contribution is -2.35. The number of carboxylic acid groups (broad SMARTS) is 1. The van der Waals surface area contributed by atoms with Gasteiger partial charge in [0, 0.05) is 19.0 Å². The maximum absolute atomic E-state index is 12.4. The summed E-state index contributed by atoms with van der Waals surface area (Å²) in [5.41, 5.74) is 2.68. The van der Waals surface area contributed by atoms with Gasteiger partial charge in [0.05, 0.1) is 11.7 Å². The number of nitrogens with zero attached hydrogens (tertiary/aromatic N) is 1. The average molecular weight is 480 g/mol. The number of hydrogen-bond donors (Lipinski definition) is 2. The predicted molar refractivity (Wildman–Crippen MR) is 139 cm³/mol. The van der Waals surface area contributed by atoms with E-state index >= 15 is 0 Å². The molecule has 2 aromatic rings. The van der Waals surface area contributed by atoms with Gasteiger partial charge in [0.2, 0.25) is 5.91 Å². The summed E-state index contributed by atoms with van der Waals surface area (Å²) in [5, 5.41) is 19.9. The van der Waals surface area contributed by atoms with E-state index in [1.807, 2.05) is 11.0 Å². The highest BCUT2D eigenvalue weighted by atomic mass is 16.4. The van der Waals surface area contributed by atoms with Crippen molar-refractivity contribution in [2.45, 2.75) is 89.7 Å². The lowest BCUT2D eigenvalue weighted by molar-refractivity contribution is -0.129. The van der Waals surface area contributed by atoms with Crippen molar-refractivity contribution >= 4 is 11.9 Å². The fourth-order valence-electron chi connectivity index (χ4n) is 5.17. The average Bonchev–Trinajstić information content (AvgIpc) is 3.22. The molecule has 5 heteroatoms. The molecule has 0 aliphatic carbocycles.